The highest BCUT2D eigenvalue weighted by Crippen LogP contribution is 2.25. The minimum Gasteiger partial charge on any atom is -0.459 e. The van der Waals surface area contributed by atoms with E-state index in [9.17, 15) is 4.79 Å². The summed E-state index contributed by atoms with van der Waals surface area (Å²) in [5, 5.41) is 8.68. The molecule has 3 rings (SSSR count). The lowest BCUT2D eigenvalue weighted by molar-refractivity contribution is -0.127. The molecule has 0 radical (unpaired) electrons. The lowest BCUT2D eigenvalue weighted by atomic mass is 10.2. The van der Waals surface area contributed by atoms with Gasteiger partial charge in [0.25, 0.3) is 0 Å². The maximum atomic E-state index is 12.2. The van der Waals surface area contributed by atoms with Crippen LogP contribution in [0.3, 0.4) is 0 Å². The van der Waals surface area contributed by atoms with Gasteiger partial charge in [0.05, 0.1) is 12.3 Å². The standard InChI is InChI=1S/C16H15ClN4O2S2/c1-21(14(22)9-24-16-20-19-15(18)25-16)8-12-6-7-13(23-12)10-2-4-11(17)5-3-10/h2-7H,8-9H2,1H3,(H2,18,19). The number of aromatic nitrogens is 2. The van der Waals surface area contributed by atoms with Crippen LogP contribution < -0.4 is 5.73 Å². The summed E-state index contributed by atoms with van der Waals surface area (Å²) < 4.78 is 6.50. The van der Waals surface area contributed by atoms with Gasteiger partial charge in [-0.1, -0.05) is 34.7 Å². The van der Waals surface area contributed by atoms with Crippen molar-refractivity contribution in [1.29, 1.82) is 0 Å². The van der Waals surface area contributed by atoms with Crippen LogP contribution in [0.4, 0.5) is 5.13 Å². The van der Waals surface area contributed by atoms with Gasteiger partial charge in [0.15, 0.2) is 4.34 Å². The van der Waals surface area contributed by atoms with Crippen molar-refractivity contribution in [3.05, 3.63) is 47.2 Å². The molecule has 1 aromatic carbocycles. The van der Waals surface area contributed by atoms with Crippen molar-refractivity contribution < 1.29 is 9.21 Å². The minimum absolute atomic E-state index is 0.0248. The Morgan fingerprint density at radius 1 is 1.28 bits per heavy atom. The number of benzene rings is 1. The summed E-state index contributed by atoms with van der Waals surface area (Å²) in [6.45, 7) is 0.394. The normalized spacial score (nSPS) is 10.8. The molecule has 0 fully saturated rings. The molecule has 0 unspecified atom stereocenters. The summed E-state index contributed by atoms with van der Waals surface area (Å²) >= 11 is 8.48. The molecule has 2 heterocycles. The van der Waals surface area contributed by atoms with Crippen LogP contribution in [-0.2, 0) is 11.3 Å². The lowest BCUT2D eigenvalue weighted by Gasteiger charge is -2.14. The fraction of sp³-hybridized carbons (Fsp3) is 0.188. The number of thioether (sulfide) groups is 1. The van der Waals surface area contributed by atoms with E-state index < -0.39 is 0 Å². The Morgan fingerprint density at radius 2 is 2.04 bits per heavy atom. The monoisotopic (exact) mass is 394 g/mol. The fourth-order valence-electron chi connectivity index (χ4n) is 2.07. The molecule has 130 valence electrons. The number of furan rings is 1. The molecule has 3 aromatic rings. The van der Waals surface area contributed by atoms with Crippen LogP contribution in [-0.4, -0.2) is 33.8 Å². The van der Waals surface area contributed by atoms with Gasteiger partial charge in [-0.05, 0) is 36.4 Å². The Bertz CT molecular complexity index is 863. The Hall–Kier alpha value is -2.03. The van der Waals surface area contributed by atoms with E-state index in [0.717, 1.165) is 11.3 Å². The Balaban J connectivity index is 1.56. The van der Waals surface area contributed by atoms with Crippen LogP contribution in [0.5, 0.6) is 0 Å². The van der Waals surface area contributed by atoms with E-state index >= 15 is 0 Å². The second-order valence-electron chi connectivity index (χ2n) is 5.22. The van der Waals surface area contributed by atoms with Crippen LogP contribution in [0.25, 0.3) is 11.3 Å². The van der Waals surface area contributed by atoms with Gasteiger partial charge in [-0.25, -0.2) is 0 Å². The number of nitrogen functional groups attached to an aromatic ring is 1. The molecule has 0 aliphatic heterocycles. The summed E-state index contributed by atoms with van der Waals surface area (Å²) in [5.41, 5.74) is 6.46. The number of anilines is 1. The van der Waals surface area contributed by atoms with Crippen molar-refractivity contribution >= 4 is 45.7 Å². The topological polar surface area (TPSA) is 85.2 Å². The first-order chi connectivity index (χ1) is 12.0. The predicted octanol–water partition coefficient (Wildman–Crippen LogP) is 3.78. The Morgan fingerprint density at radius 3 is 2.72 bits per heavy atom. The number of carbonyl (C=O) groups is 1. The first-order valence-corrected chi connectivity index (χ1v) is 9.49. The van der Waals surface area contributed by atoms with E-state index in [4.69, 9.17) is 21.8 Å². The average Bonchev–Trinajstić information content (AvgIpc) is 3.22. The SMILES string of the molecule is CN(Cc1ccc(-c2ccc(Cl)cc2)o1)C(=O)CSc1nnc(N)s1. The lowest BCUT2D eigenvalue weighted by Crippen LogP contribution is -2.27. The number of carbonyl (C=O) groups excluding carboxylic acids is 1. The van der Waals surface area contributed by atoms with Crippen LogP contribution in [0, 0.1) is 0 Å². The van der Waals surface area contributed by atoms with Crippen molar-refractivity contribution in [2.24, 2.45) is 0 Å². The van der Waals surface area contributed by atoms with E-state index in [1.807, 2.05) is 36.4 Å². The number of hydrogen-bond acceptors (Lipinski definition) is 7. The molecule has 25 heavy (non-hydrogen) atoms. The van der Waals surface area contributed by atoms with Crippen LogP contribution >= 0.6 is 34.7 Å². The van der Waals surface area contributed by atoms with Crippen molar-refractivity contribution in [2.45, 2.75) is 10.9 Å². The van der Waals surface area contributed by atoms with Crippen LogP contribution in [0.2, 0.25) is 5.02 Å². The third-order valence-electron chi connectivity index (χ3n) is 3.35. The second kappa shape index (κ2) is 7.90. The number of amides is 1. The molecule has 0 saturated heterocycles. The van der Waals surface area contributed by atoms with Gasteiger partial charge in [-0.3, -0.25) is 4.79 Å². The number of nitrogens with two attached hydrogens (primary N) is 1. The molecular weight excluding hydrogens is 380 g/mol. The molecule has 0 aliphatic rings. The number of hydrogen-bond donors (Lipinski definition) is 1. The molecule has 0 aliphatic carbocycles. The Labute approximate surface area is 158 Å². The highest BCUT2D eigenvalue weighted by atomic mass is 35.5. The average molecular weight is 395 g/mol. The number of rotatable bonds is 6. The van der Waals surface area contributed by atoms with Crippen LogP contribution in [0.1, 0.15) is 5.76 Å². The molecule has 1 amide bonds. The van der Waals surface area contributed by atoms with Crippen molar-refractivity contribution in [3.8, 4) is 11.3 Å². The molecule has 0 spiro atoms. The number of halogens is 1. The third-order valence-corrected chi connectivity index (χ3v) is 5.47. The second-order valence-corrected chi connectivity index (χ2v) is 7.89. The van der Waals surface area contributed by atoms with Gasteiger partial charge in [-0.2, -0.15) is 0 Å². The highest BCUT2D eigenvalue weighted by Gasteiger charge is 2.14. The summed E-state index contributed by atoms with van der Waals surface area (Å²) in [5.74, 6) is 1.70. The van der Waals surface area contributed by atoms with Gasteiger partial charge >= 0.3 is 0 Å². The van der Waals surface area contributed by atoms with Gasteiger partial charge in [-0.15, -0.1) is 10.2 Å². The molecule has 2 aromatic heterocycles. The molecule has 9 heteroatoms. The van der Waals surface area contributed by atoms with Gasteiger partial charge in [0, 0.05) is 17.6 Å². The van der Waals surface area contributed by atoms with E-state index in [-0.39, 0.29) is 11.7 Å². The summed E-state index contributed by atoms with van der Waals surface area (Å²) in [6, 6.07) is 11.2. The molecule has 0 saturated carbocycles. The fourth-order valence-corrected chi connectivity index (χ4v) is 3.77. The number of nitrogens with zero attached hydrogens (tertiary/aromatic N) is 3. The molecule has 0 atom stereocenters. The van der Waals surface area contributed by atoms with Gasteiger partial charge in [0.1, 0.15) is 11.5 Å². The van der Waals surface area contributed by atoms with Gasteiger partial charge < -0.3 is 15.1 Å². The summed E-state index contributed by atoms with van der Waals surface area (Å²) in [7, 11) is 1.74. The molecular formula is C16H15ClN4O2S2. The van der Waals surface area contributed by atoms with Crippen molar-refractivity contribution in [3.63, 3.8) is 0 Å². The predicted molar refractivity (Wildman–Crippen MR) is 101 cm³/mol. The molecule has 6 nitrogen and oxygen atoms in total. The first kappa shape index (κ1) is 17.8. The quantitative estimate of drug-likeness (QED) is 0.640. The van der Waals surface area contributed by atoms with E-state index in [0.29, 0.717) is 26.8 Å². The third kappa shape index (κ3) is 4.75. The maximum absolute atomic E-state index is 12.2. The summed E-state index contributed by atoms with van der Waals surface area (Å²) in [6.07, 6.45) is 0. The smallest absolute Gasteiger partial charge is 0.233 e. The van der Waals surface area contributed by atoms with E-state index in [1.54, 1.807) is 11.9 Å². The van der Waals surface area contributed by atoms with Gasteiger partial charge in [0.2, 0.25) is 11.0 Å². The zero-order chi connectivity index (χ0) is 17.8. The van der Waals surface area contributed by atoms with Crippen molar-refractivity contribution in [1.82, 2.24) is 15.1 Å². The van der Waals surface area contributed by atoms with E-state index in [2.05, 4.69) is 10.2 Å². The zero-order valence-corrected chi connectivity index (χ0v) is 15.7. The largest absolute Gasteiger partial charge is 0.459 e. The molecule has 0 bridgehead atoms. The highest BCUT2D eigenvalue weighted by molar-refractivity contribution is 8.01. The van der Waals surface area contributed by atoms with Crippen molar-refractivity contribution in [2.75, 3.05) is 18.5 Å². The Kier molecular flexibility index (Phi) is 5.62. The zero-order valence-electron chi connectivity index (χ0n) is 13.3. The minimum atomic E-state index is -0.0248. The summed E-state index contributed by atoms with van der Waals surface area (Å²) in [4.78, 5) is 13.8. The van der Waals surface area contributed by atoms with Crippen LogP contribution in [0.15, 0.2) is 45.2 Å². The maximum Gasteiger partial charge on any atom is 0.233 e. The van der Waals surface area contributed by atoms with E-state index in [1.165, 1.54) is 23.1 Å². The molecule has 2 N–H and O–H groups in total. The first-order valence-electron chi connectivity index (χ1n) is 7.31.